The number of aromatic nitrogens is 1. The van der Waals surface area contributed by atoms with E-state index in [1.54, 1.807) is 42.2 Å². The molecule has 0 unspecified atom stereocenters. The lowest BCUT2D eigenvalue weighted by atomic mass is 9.97. The van der Waals surface area contributed by atoms with Crippen LogP contribution < -0.4 is 10.6 Å². The number of anilines is 1. The summed E-state index contributed by atoms with van der Waals surface area (Å²) in [5, 5.41) is 9.91. The van der Waals surface area contributed by atoms with Crippen LogP contribution in [0.1, 0.15) is 36.4 Å². The van der Waals surface area contributed by atoms with Crippen LogP contribution in [0.15, 0.2) is 34.9 Å². The normalized spacial score (nSPS) is 16.2. The van der Waals surface area contributed by atoms with Gasteiger partial charge in [-0.15, -0.1) is 0 Å². The van der Waals surface area contributed by atoms with E-state index >= 15 is 0 Å². The van der Waals surface area contributed by atoms with Crippen LogP contribution in [0.25, 0.3) is 0 Å². The van der Waals surface area contributed by atoms with Crippen LogP contribution in [0, 0.1) is 12.8 Å². The second-order valence-corrected chi connectivity index (χ2v) is 8.75. The lowest BCUT2D eigenvalue weighted by Crippen LogP contribution is -2.57. The summed E-state index contributed by atoms with van der Waals surface area (Å²) in [4.78, 5) is 42.0. The number of hydrogen-bond donors (Lipinski definition) is 2. The number of benzene rings is 1. The maximum absolute atomic E-state index is 13.3. The third-order valence-electron chi connectivity index (χ3n) is 5.82. The molecule has 1 aliphatic heterocycles. The minimum atomic E-state index is -0.622. The molecule has 1 aromatic heterocycles. The van der Waals surface area contributed by atoms with Crippen molar-refractivity contribution in [1.29, 1.82) is 0 Å². The highest BCUT2D eigenvalue weighted by molar-refractivity contribution is 6.30. The zero-order chi connectivity index (χ0) is 24.0. The molecule has 9 nitrogen and oxygen atoms in total. The van der Waals surface area contributed by atoms with Gasteiger partial charge in [-0.2, -0.15) is 0 Å². The van der Waals surface area contributed by atoms with Crippen molar-refractivity contribution in [1.82, 2.24) is 20.3 Å². The highest BCUT2D eigenvalue weighted by atomic mass is 35.5. The molecular weight excluding hydrogens is 446 g/mol. The van der Waals surface area contributed by atoms with Crippen LogP contribution in [-0.4, -0.2) is 71.4 Å². The van der Waals surface area contributed by atoms with Gasteiger partial charge in [-0.3, -0.25) is 19.3 Å². The molecule has 3 amide bonds. The summed E-state index contributed by atoms with van der Waals surface area (Å²) in [6.07, 6.45) is 0.749. The van der Waals surface area contributed by atoms with Crippen LogP contribution in [-0.2, 0) is 9.59 Å². The lowest BCUT2D eigenvalue weighted by molar-refractivity contribution is -0.136. The minimum Gasteiger partial charge on any atom is -0.360 e. The summed E-state index contributed by atoms with van der Waals surface area (Å²) < 4.78 is 4.95. The molecule has 2 heterocycles. The first-order chi connectivity index (χ1) is 15.8. The molecule has 178 valence electrons. The Kier molecular flexibility index (Phi) is 8.46. The molecule has 2 N–H and O–H groups in total. The Bertz CT molecular complexity index is 969. The number of hydrogen-bond acceptors (Lipinski definition) is 6. The molecule has 1 aromatic carbocycles. The van der Waals surface area contributed by atoms with Crippen molar-refractivity contribution in [2.75, 3.05) is 38.0 Å². The number of piperazine rings is 1. The topological polar surface area (TPSA) is 108 Å². The molecule has 0 spiro atoms. The molecule has 2 atom stereocenters. The van der Waals surface area contributed by atoms with E-state index in [9.17, 15) is 14.4 Å². The highest BCUT2D eigenvalue weighted by Crippen LogP contribution is 2.15. The molecule has 1 aliphatic rings. The van der Waals surface area contributed by atoms with Crippen LogP contribution in [0.3, 0.4) is 0 Å². The molecule has 0 bridgehead atoms. The quantitative estimate of drug-likeness (QED) is 0.607. The van der Waals surface area contributed by atoms with Gasteiger partial charge in [0, 0.05) is 42.8 Å². The second-order valence-electron chi connectivity index (χ2n) is 8.32. The van der Waals surface area contributed by atoms with E-state index in [0.29, 0.717) is 48.3 Å². The van der Waals surface area contributed by atoms with E-state index in [4.69, 9.17) is 16.1 Å². The molecule has 0 radical (unpaired) electrons. The first-order valence-electron chi connectivity index (χ1n) is 11.1. The van der Waals surface area contributed by atoms with E-state index in [1.807, 2.05) is 18.7 Å². The summed E-state index contributed by atoms with van der Waals surface area (Å²) >= 11 is 5.90. The predicted octanol–water partition coefficient (Wildman–Crippen LogP) is 2.56. The Morgan fingerprint density at radius 1 is 1.15 bits per heavy atom. The van der Waals surface area contributed by atoms with Gasteiger partial charge in [0.15, 0.2) is 5.82 Å². The van der Waals surface area contributed by atoms with Crippen molar-refractivity contribution in [2.45, 2.75) is 33.2 Å². The van der Waals surface area contributed by atoms with Crippen molar-refractivity contribution in [3.63, 3.8) is 0 Å². The molecular formula is C23H30ClN5O4. The van der Waals surface area contributed by atoms with Gasteiger partial charge in [-0.05, 0) is 37.1 Å². The third-order valence-corrected chi connectivity index (χ3v) is 6.07. The Balaban J connectivity index is 1.54. The maximum atomic E-state index is 13.3. The molecule has 2 aromatic rings. The summed E-state index contributed by atoms with van der Waals surface area (Å²) in [5.74, 6) is 0.396. The van der Waals surface area contributed by atoms with Gasteiger partial charge in [-0.1, -0.05) is 37.0 Å². The van der Waals surface area contributed by atoms with Crippen LogP contribution in [0.2, 0.25) is 5.02 Å². The minimum absolute atomic E-state index is 0.0246. The number of carbonyl (C=O) groups is 3. The zero-order valence-corrected chi connectivity index (χ0v) is 19.9. The maximum Gasteiger partial charge on any atom is 0.251 e. The number of nitrogens with one attached hydrogen (secondary N) is 2. The van der Waals surface area contributed by atoms with E-state index in [1.165, 1.54) is 0 Å². The van der Waals surface area contributed by atoms with E-state index in [-0.39, 0.29) is 30.2 Å². The van der Waals surface area contributed by atoms with Crippen LogP contribution in [0.4, 0.5) is 5.82 Å². The number of aryl methyl sites for hydroxylation is 1. The molecule has 1 fully saturated rings. The van der Waals surface area contributed by atoms with Crippen molar-refractivity contribution in [3.8, 4) is 0 Å². The number of amides is 3. The van der Waals surface area contributed by atoms with Gasteiger partial charge >= 0.3 is 0 Å². The zero-order valence-electron chi connectivity index (χ0n) is 19.1. The molecule has 1 saturated heterocycles. The number of rotatable bonds is 8. The van der Waals surface area contributed by atoms with Crippen molar-refractivity contribution < 1.29 is 18.9 Å². The number of nitrogens with zero attached hydrogens (tertiary/aromatic N) is 3. The van der Waals surface area contributed by atoms with Crippen molar-refractivity contribution in [2.24, 2.45) is 5.92 Å². The first kappa shape index (κ1) is 24.7. The van der Waals surface area contributed by atoms with Gasteiger partial charge in [0.2, 0.25) is 11.8 Å². The molecule has 0 saturated carbocycles. The first-order valence-corrected chi connectivity index (χ1v) is 11.5. The fourth-order valence-corrected chi connectivity index (χ4v) is 3.77. The lowest BCUT2D eigenvalue weighted by Gasteiger charge is -2.37. The molecule has 10 heteroatoms. The summed E-state index contributed by atoms with van der Waals surface area (Å²) in [6.45, 7) is 8.01. The monoisotopic (exact) mass is 475 g/mol. The summed E-state index contributed by atoms with van der Waals surface area (Å²) in [6, 6.07) is 7.61. The Morgan fingerprint density at radius 3 is 2.39 bits per heavy atom. The van der Waals surface area contributed by atoms with Gasteiger partial charge < -0.3 is 20.1 Å². The molecule has 0 aliphatic carbocycles. The van der Waals surface area contributed by atoms with Crippen LogP contribution in [0.5, 0.6) is 0 Å². The van der Waals surface area contributed by atoms with E-state index in [0.717, 1.165) is 6.42 Å². The van der Waals surface area contributed by atoms with Gasteiger partial charge in [0.25, 0.3) is 5.91 Å². The standard InChI is InChI=1S/C23H30ClN5O4/c1-4-15(2)21(26-22(31)17-5-7-18(24)8-6-17)23(32)29-11-9-28(10-12-29)14-20(30)25-19-13-16(3)33-27-19/h5-8,13,15,21H,4,9-12,14H2,1-3H3,(H,26,31)(H,25,27,30)/t15-,21-/m0/s1. The number of halogens is 1. The largest absolute Gasteiger partial charge is 0.360 e. The fraction of sp³-hybridized carbons (Fsp3) is 0.478. The predicted molar refractivity (Wildman–Crippen MR) is 125 cm³/mol. The van der Waals surface area contributed by atoms with Gasteiger partial charge in [0.05, 0.1) is 6.54 Å². The van der Waals surface area contributed by atoms with E-state index in [2.05, 4.69) is 15.8 Å². The van der Waals surface area contributed by atoms with Gasteiger partial charge in [0.1, 0.15) is 11.8 Å². The second kappa shape index (κ2) is 11.3. The fourth-order valence-electron chi connectivity index (χ4n) is 3.64. The average molecular weight is 476 g/mol. The molecule has 3 rings (SSSR count). The highest BCUT2D eigenvalue weighted by Gasteiger charge is 2.32. The van der Waals surface area contributed by atoms with Crippen molar-refractivity contribution in [3.05, 3.63) is 46.7 Å². The number of carbonyl (C=O) groups excluding carboxylic acids is 3. The summed E-state index contributed by atoms with van der Waals surface area (Å²) in [7, 11) is 0. The van der Waals surface area contributed by atoms with Crippen molar-refractivity contribution >= 4 is 35.1 Å². The molecule has 33 heavy (non-hydrogen) atoms. The Morgan fingerprint density at radius 2 is 1.82 bits per heavy atom. The Hall–Kier alpha value is -2.91. The third kappa shape index (κ3) is 6.79. The van der Waals surface area contributed by atoms with E-state index < -0.39 is 6.04 Å². The Labute approximate surface area is 198 Å². The van der Waals surface area contributed by atoms with Crippen LogP contribution >= 0.6 is 11.6 Å². The average Bonchev–Trinajstić information content (AvgIpc) is 3.21. The summed E-state index contributed by atoms with van der Waals surface area (Å²) in [5.41, 5.74) is 0.457. The van der Waals surface area contributed by atoms with Gasteiger partial charge in [-0.25, -0.2) is 0 Å². The smallest absolute Gasteiger partial charge is 0.251 e. The SMILES string of the molecule is CC[C@H](C)[C@H](NC(=O)c1ccc(Cl)cc1)C(=O)N1CCN(CC(=O)Nc2cc(C)on2)CC1.